The average Bonchev–Trinajstić information content (AvgIpc) is 3.60. The molecule has 12 heteroatoms. The Labute approximate surface area is 345 Å². The zero-order chi connectivity index (χ0) is 41.4. The molecule has 0 saturated heterocycles. The van der Waals surface area contributed by atoms with E-state index in [1.165, 1.54) is 0 Å². The highest BCUT2D eigenvalue weighted by Gasteiger charge is 2.39. The van der Waals surface area contributed by atoms with Gasteiger partial charge >= 0.3 is 13.7 Å². The van der Waals surface area contributed by atoms with E-state index >= 15 is 0 Å². The number of pyridine rings is 1. The van der Waals surface area contributed by atoms with Crippen LogP contribution in [0.1, 0.15) is 57.1 Å². The summed E-state index contributed by atoms with van der Waals surface area (Å²) in [6.45, 7) is 9.68. The summed E-state index contributed by atoms with van der Waals surface area (Å²) in [6, 6.07) is 46.7. The average molecular weight is 812 g/mol. The first-order valence-corrected chi connectivity index (χ1v) is 21.5. The molecule has 1 unspecified atom stereocenters. The maximum absolute atomic E-state index is 14.6. The third kappa shape index (κ3) is 9.24. The lowest BCUT2D eigenvalue weighted by Gasteiger charge is -2.37. The number of hydrogen-bond donors (Lipinski definition) is 2. The summed E-state index contributed by atoms with van der Waals surface area (Å²) in [5, 5.41) is 7.65. The number of rotatable bonds is 18. The Morgan fingerprint density at radius 2 is 1.29 bits per heavy atom. The molecule has 2 aromatic heterocycles. The Kier molecular flexibility index (Phi) is 12.9. The number of nitrogens with one attached hydrogen (secondary N) is 2. The first kappa shape index (κ1) is 41.3. The molecule has 0 saturated carbocycles. The summed E-state index contributed by atoms with van der Waals surface area (Å²) in [6.07, 6.45) is -1.09. The molecule has 7 aromatic rings. The topological polar surface area (TPSA) is 126 Å². The lowest BCUT2D eigenvalue weighted by atomic mass is 9.77. The van der Waals surface area contributed by atoms with Crippen LogP contribution in [0.5, 0.6) is 5.75 Å². The number of aromatic nitrogens is 3. The van der Waals surface area contributed by atoms with Crippen LogP contribution in [-0.4, -0.2) is 45.4 Å². The van der Waals surface area contributed by atoms with Crippen molar-refractivity contribution in [2.45, 2.75) is 71.6 Å². The highest BCUT2D eigenvalue weighted by atomic mass is 31.2. The lowest BCUT2D eigenvalue weighted by molar-refractivity contribution is -0.149. The summed E-state index contributed by atoms with van der Waals surface area (Å²) in [5.74, 6) is 0.933. The van der Waals surface area contributed by atoms with E-state index in [2.05, 4.69) is 46.8 Å². The molecule has 7 rings (SSSR count). The molecular weight excluding hydrogens is 762 g/mol. The number of benzene rings is 5. The summed E-state index contributed by atoms with van der Waals surface area (Å²) in [4.78, 5) is 23.4. The number of carbonyl (C=O) groups is 1. The maximum atomic E-state index is 14.6. The highest BCUT2D eigenvalue weighted by Crippen LogP contribution is 2.47. The van der Waals surface area contributed by atoms with Gasteiger partial charge in [-0.05, 0) is 69.5 Å². The number of imidazole rings is 1. The van der Waals surface area contributed by atoms with Gasteiger partial charge in [0.15, 0.2) is 5.82 Å². The van der Waals surface area contributed by atoms with Crippen LogP contribution in [0.2, 0.25) is 0 Å². The number of fused-ring (bicyclic) bond motifs is 3. The van der Waals surface area contributed by atoms with Crippen molar-refractivity contribution < 1.29 is 27.9 Å². The van der Waals surface area contributed by atoms with Gasteiger partial charge in [-0.3, -0.25) is 9.32 Å². The summed E-state index contributed by atoms with van der Waals surface area (Å²) < 4.78 is 40.5. The number of nitrogens with zero attached hydrogens (tertiary/aromatic N) is 3. The Bertz CT molecular complexity index is 2420. The van der Waals surface area contributed by atoms with E-state index in [0.717, 1.165) is 33.1 Å². The number of esters is 1. The number of anilines is 1. The van der Waals surface area contributed by atoms with Crippen molar-refractivity contribution >= 4 is 41.5 Å². The monoisotopic (exact) mass is 811 g/mol. The van der Waals surface area contributed by atoms with Crippen molar-refractivity contribution in [1.82, 2.24) is 19.6 Å². The molecule has 0 bridgehead atoms. The van der Waals surface area contributed by atoms with Gasteiger partial charge in [0.05, 0.1) is 29.8 Å². The Morgan fingerprint density at radius 3 is 1.85 bits per heavy atom. The van der Waals surface area contributed by atoms with Crippen molar-refractivity contribution in [2.75, 3.05) is 11.9 Å². The van der Waals surface area contributed by atoms with Crippen LogP contribution in [0.3, 0.4) is 0 Å². The molecule has 0 aliphatic rings. The zero-order valence-electron chi connectivity index (χ0n) is 33.9. The number of hydrogen-bond acceptors (Lipinski definition) is 9. The molecule has 2 heterocycles. The van der Waals surface area contributed by atoms with Crippen LogP contribution >= 0.6 is 7.75 Å². The van der Waals surface area contributed by atoms with Gasteiger partial charge in [-0.25, -0.2) is 14.5 Å². The van der Waals surface area contributed by atoms with E-state index in [-0.39, 0.29) is 19.3 Å². The largest absolute Gasteiger partial charge is 0.462 e. The minimum atomic E-state index is -4.19. The van der Waals surface area contributed by atoms with Crippen molar-refractivity contribution in [3.05, 3.63) is 168 Å². The number of para-hydroxylation sites is 2. The lowest BCUT2D eigenvalue weighted by Crippen LogP contribution is -2.38. The minimum Gasteiger partial charge on any atom is -0.462 e. The Morgan fingerprint density at radius 1 is 0.746 bits per heavy atom. The van der Waals surface area contributed by atoms with Crippen LogP contribution in [0.25, 0.3) is 21.9 Å². The first-order valence-electron chi connectivity index (χ1n) is 19.9. The number of ether oxygens (including phenoxy) is 2. The number of carbonyl (C=O) groups excluding carboxylic acids is 1. The standard InChI is InChI=1S/C47H50N5O6P/c1-6-55-32-42-49-43-44(52(42)31-34(4)57-59(54,58-39-27-17-10-18-28-39)51-35(5)46(53)56-33(2)3)40-29-19-20-30-41(40)48-45(43)50-47(36-21-11-7-12-22-36,37-23-13-8-14-24-37)38-25-15-9-16-26-38/h7-30,33-35H,6,31-32H2,1-5H3,(H,48,50)(H,51,54)/t34-,35+,59?/m1/s1. The summed E-state index contributed by atoms with van der Waals surface area (Å²) in [7, 11) is -4.19. The Hall–Kier alpha value is -5.84. The zero-order valence-corrected chi connectivity index (χ0v) is 34.8. The molecule has 0 fully saturated rings. The van der Waals surface area contributed by atoms with Gasteiger partial charge in [-0.2, -0.15) is 5.09 Å². The fourth-order valence-electron chi connectivity index (χ4n) is 7.28. The van der Waals surface area contributed by atoms with Crippen molar-refractivity contribution in [3.63, 3.8) is 0 Å². The molecule has 5 aromatic carbocycles. The Balaban J connectivity index is 1.36. The fourth-order valence-corrected chi connectivity index (χ4v) is 8.95. The van der Waals surface area contributed by atoms with Gasteiger partial charge in [0, 0.05) is 12.0 Å². The summed E-state index contributed by atoms with van der Waals surface area (Å²) in [5.41, 5.74) is 4.35. The van der Waals surface area contributed by atoms with Crippen LogP contribution in [0, 0.1) is 0 Å². The molecule has 304 valence electrons. The predicted octanol–water partition coefficient (Wildman–Crippen LogP) is 10.0. The molecule has 2 N–H and O–H groups in total. The van der Waals surface area contributed by atoms with Gasteiger partial charge in [-0.1, -0.05) is 127 Å². The van der Waals surface area contributed by atoms with Crippen LogP contribution in [0.15, 0.2) is 146 Å². The van der Waals surface area contributed by atoms with Gasteiger partial charge in [0.25, 0.3) is 0 Å². The normalized spacial score (nSPS) is 13.9. The molecular formula is C47H50N5O6P. The van der Waals surface area contributed by atoms with Crippen molar-refractivity contribution in [1.29, 1.82) is 0 Å². The van der Waals surface area contributed by atoms with Crippen LogP contribution in [0.4, 0.5) is 5.82 Å². The molecule has 59 heavy (non-hydrogen) atoms. The second kappa shape index (κ2) is 18.4. The van der Waals surface area contributed by atoms with Gasteiger partial charge in [-0.15, -0.1) is 0 Å². The highest BCUT2D eigenvalue weighted by molar-refractivity contribution is 7.52. The quantitative estimate of drug-likeness (QED) is 0.0491. The third-order valence-corrected chi connectivity index (χ3v) is 11.6. The molecule has 11 nitrogen and oxygen atoms in total. The molecule has 0 spiro atoms. The molecule has 3 atom stereocenters. The van der Waals surface area contributed by atoms with Gasteiger partial charge < -0.3 is 23.9 Å². The third-order valence-electron chi connectivity index (χ3n) is 9.81. The van der Waals surface area contributed by atoms with E-state index < -0.39 is 31.4 Å². The van der Waals surface area contributed by atoms with Crippen LogP contribution in [-0.2, 0) is 42.0 Å². The molecule has 0 aliphatic carbocycles. The first-order chi connectivity index (χ1) is 28.6. The maximum Gasteiger partial charge on any atom is 0.459 e. The van der Waals surface area contributed by atoms with E-state index in [9.17, 15) is 9.36 Å². The minimum absolute atomic E-state index is 0.196. The van der Waals surface area contributed by atoms with Gasteiger partial charge in [0.2, 0.25) is 0 Å². The van der Waals surface area contributed by atoms with Gasteiger partial charge in [0.1, 0.15) is 35.3 Å². The summed E-state index contributed by atoms with van der Waals surface area (Å²) >= 11 is 0. The van der Waals surface area contributed by atoms with Crippen LogP contribution < -0.4 is 14.9 Å². The van der Waals surface area contributed by atoms with Crippen molar-refractivity contribution in [2.24, 2.45) is 0 Å². The van der Waals surface area contributed by atoms with E-state index in [0.29, 0.717) is 29.5 Å². The van der Waals surface area contributed by atoms with E-state index in [1.54, 1.807) is 45.0 Å². The fraction of sp³-hybridized carbons (Fsp3) is 0.255. The van der Waals surface area contributed by atoms with E-state index in [4.69, 9.17) is 28.5 Å². The molecule has 0 amide bonds. The SMILES string of the molecule is CCOCc1nc2c(NC(c3ccccc3)(c3ccccc3)c3ccccc3)nc3ccccc3c2n1C[C@@H](C)OP(=O)(N[C@@H](C)C(=O)OC(C)C)Oc1ccccc1. The van der Waals surface area contributed by atoms with Crippen molar-refractivity contribution in [3.8, 4) is 5.75 Å². The molecule has 0 aliphatic heterocycles. The molecule has 0 radical (unpaired) electrons. The van der Waals surface area contributed by atoms with E-state index in [1.807, 2.05) is 103 Å². The predicted molar refractivity (Wildman–Crippen MR) is 232 cm³/mol. The second-order valence-electron chi connectivity index (χ2n) is 14.6. The second-order valence-corrected chi connectivity index (χ2v) is 16.2. The smallest absolute Gasteiger partial charge is 0.459 e.